The molecule has 1 fully saturated rings. The van der Waals surface area contributed by atoms with Crippen molar-refractivity contribution in [1.82, 2.24) is 10.2 Å². The first-order valence-electron chi connectivity index (χ1n) is 11.1. The quantitative estimate of drug-likeness (QED) is 0.680. The molecule has 2 aliphatic heterocycles. The average molecular weight is 451 g/mol. The molecular weight excluding hydrogens is 420 g/mol. The van der Waals surface area contributed by atoms with Crippen LogP contribution in [0, 0.1) is 0 Å². The van der Waals surface area contributed by atoms with E-state index in [1.807, 2.05) is 16.7 Å². The fraction of sp³-hybridized carbons (Fsp3) is 0.385. The Labute approximate surface area is 194 Å². The molecule has 0 bridgehead atoms. The van der Waals surface area contributed by atoms with Gasteiger partial charge in [-0.1, -0.05) is 48.0 Å². The summed E-state index contributed by atoms with van der Waals surface area (Å²) in [5.74, 6) is 0.891. The van der Waals surface area contributed by atoms with Crippen molar-refractivity contribution in [3.8, 4) is 0 Å². The van der Waals surface area contributed by atoms with E-state index in [0.717, 1.165) is 18.6 Å². The van der Waals surface area contributed by atoms with Crippen molar-refractivity contribution >= 4 is 29.3 Å². The number of carbonyl (C=O) groups is 2. The predicted octanol–water partition coefficient (Wildman–Crippen LogP) is 5.24. The number of nitrogens with zero attached hydrogens (tertiary/aromatic N) is 1. The van der Waals surface area contributed by atoms with Crippen molar-refractivity contribution < 1.29 is 14.3 Å². The van der Waals surface area contributed by atoms with Crippen LogP contribution in [0.25, 0.3) is 5.57 Å². The van der Waals surface area contributed by atoms with Gasteiger partial charge in [0.15, 0.2) is 0 Å². The summed E-state index contributed by atoms with van der Waals surface area (Å²) in [6, 6.07) is 17.3. The van der Waals surface area contributed by atoms with Gasteiger partial charge in [-0.3, -0.25) is 4.79 Å². The van der Waals surface area contributed by atoms with E-state index in [4.69, 9.17) is 4.74 Å². The molecule has 0 atom stereocenters. The number of benzene rings is 2. The zero-order valence-corrected chi connectivity index (χ0v) is 19.8. The van der Waals surface area contributed by atoms with Crippen molar-refractivity contribution in [1.29, 1.82) is 0 Å². The van der Waals surface area contributed by atoms with E-state index >= 15 is 0 Å². The first-order valence-corrected chi connectivity index (χ1v) is 12.1. The number of amides is 2. The molecule has 2 aromatic carbocycles. The largest absolute Gasteiger partial charge is 0.444 e. The third-order valence-electron chi connectivity index (χ3n) is 5.68. The van der Waals surface area contributed by atoms with E-state index < -0.39 is 11.7 Å². The minimum absolute atomic E-state index is 0.0386. The second-order valence-corrected chi connectivity index (χ2v) is 10.2. The number of ether oxygens (including phenoxy) is 1. The van der Waals surface area contributed by atoms with Crippen LogP contribution < -0.4 is 5.32 Å². The number of nitrogens with one attached hydrogen (secondary N) is 1. The lowest BCUT2D eigenvalue weighted by atomic mass is 9.86. The van der Waals surface area contributed by atoms with Crippen molar-refractivity contribution in [3.05, 3.63) is 70.8 Å². The van der Waals surface area contributed by atoms with Crippen LogP contribution in [-0.2, 0) is 15.3 Å². The van der Waals surface area contributed by atoms with Gasteiger partial charge in [-0.05, 0) is 61.9 Å². The van der Waals surface area contributed by atoms with Gasteiger partial charge in [0.25, 0.3) is 0 Å². The Balaban J connectivity index is 1.49. The molecule has 0 spiro atoms. The minimum Gasteiger partial charge on any atom is -0.444 e. The van der Waals surface area contributed by atoms with Gasteiger partial charge < -0.3 is 15.0 Å². The lowest BCUT2D eigenvalue weighted by Gasteiger charge is -2.31. The average Bonchev–Trinajstić information content (AvgIpc) is 2.93. The van der Waals surface area contributed by atoms with Gasteiger partial charge in [0.2, 0.25) is 5.91 Å². The zero-order chi connectivity index (χ0) is 22.7. The first-order chi connectivity index (χ1) is 15.3. The summed E-state index contributed by atoms with van der Waals surface area (Å²) >= 11 is 1.89. The Hall–Kier alpha value is -2.73. The molecule has 0 saturated carbocycles. The van der Waals surface area contributed by atoms with E-state index in [1.165, 1.54) is 32.7 Å². The molecule has 5 nitrogen and oxygen atoms in total. The highest BCUT2D eigenvalue weighted by Crippen LogP contribution is 2.43. The molecule has 2 amide bonds. The number of carbonyl (C=O) groups excluding carboxylic acids is 2. The second-order valence-electron chi connectivity index (χ2n) is 9.16. The van der Waals surface area contributed by atoms with Crippen molar-refractivity contribution in [2.24, 2.45) is 0 Å². The Morgan fingerprint density at radius 1 is 1.00 bits per heavy atom. The zero-order valence-electron chi connectivity index (χ0n) is 18.9. The first kappa shape index (κ1) is 22.5. The van der Waals surface area contributed by atoms with Gasteiger partial charge in [-0.25, -0.2) is 4.79 Å². The maximum Gasteiger partial charge on any atom is 0.408 e. The summed E-state index contributed by atoms with van der Waals surface area (Å²) in [5.41, 5.74) is 6.12. The van der Waals surface area contributed by atoms with Crippen LogP contribution in [0.15, 0.2) is 59.0 Å². The number of fused-ring (bicyclic) bond motifs is 2. The van der Waals surface area contributed by atoms with Gasteiger partial charge in [0, 0.05) is 23.7 Å². The van der Waals surface area contributed by atoms with E-state index in [0.29, 0.717) is 13.1 Å². The molecule has 32 heavy (non-hydrogen) atoms. The van der Waals surface area contributed by atoms with Crippen LogP contribution in [0.4, 0.5) is 4.79 Å². The molecule has 0 unspecified atom stereocenters. The van der Waals surface area contributed by atoms with Gasteiger partial charge >= 0.3 is 6.09 Å². The van der Waals surface area contributed by atoms with Gasteiger partial charge in [-0.15, -0.1) is 11.8 Å². The fourth-order valence-electron chi connectivity index (χ4n) is 4.22. The molecule has 0 radical (unpaired) electrons. The summed E-state index contributed by atoms with van der Waals surface area (Å²) < 4.78 is 5.22. The van der Waals surface area contributed by atoms with E-state index in [-0.39, 0.29) is 12.5 Å². The number of thioether (sulfide) groups is 1. The van der Waals surface area contributed by atoms with Crippen molar-refractivity contribution in [3.63, 3.8) is 0 Å². The second kappa shape index (κ2) is 9.41. The SMILES string of the molecule is CC(C)(C)OC(=O)NCC(=O)N1CCC(=C2c3ccccc3CSc3ccccc32)CC1. The maximum absolute atomic E-state index is 12.6. The molecule has 2 aromatic rings. The standard InChI is InChI=1S/C26H30N2O3S/c1-26(2,3)31-25(30)27-16-23(29)28-14-12-18(13-15-28)24-20-9-5-4-8-19(20)17-32-22-11-7-6-10-21(22)24/h4-11H,12-17H2,1-3H3,(H,27,30). The number of hydrogen-bond donors (Lipinski definition) is 1. The number of hydrogen-bond acceptors (Lipinski definition) is 4. The topological polar surface area (TPSA) is 58.6 Å². The summed E-state index contributed by atoms with van der Waals surface area (Å²) in [6.45, 7) is 6.68. The van der Waals surface area contributed by atoms with Crippen LogP contribution in [0.3, 0.4) is 0 Å². The van der Waals surface area contributed by atoms with Crippen molar-refractivity contribution in [2.45, 2.75) is 49.9 Å². The summed E-state index contributed by atoms with van der Waals surface area (Å²) in [5, 5.41) is 2.58. The summed E-state index contributed by atoms with van der Waals surface area (Å²) in [6.07, 6.45) is 1.11. The lowest BCUT2D eigenvalue weighted by Crippen LogP contribution is -2.44. The Morgan fingerprint density at radius 3 is 2.38 bits per heavy atom. The highest BCUT2D eigenvalue weighted by Gasteiger charge is 2.26. The lowest BCUT2D eigenvalue weighted by molar-refractivity contribution is -0.130. The minimum atomic E-state index is -0.580. The van der Waals surface area contributed by atoms with Crippen molar-refractivity contribution in [2.75, 3.05) is 19.6 Å². The maximum atomic E-state index is 12.6. The normalized spacial score (nSPS) is 16.0. The van der Waals surface area contributed by atoms with E-state index in [9.17, 15) is 9.59 Å². The van der Waals surface area contributed by atoms with Crippen LogP contribution in [0.2, 0.25) is 0 Å². The third-order valence-corrected chi connectivity index (χ3v) is 6.80. The Bertz CT molecular complexity index is 996. The predicted molar refractivity (Wildman–Crippen MR) is 129 cm³/mol. The molecule has 1 N–H and O–H groups in total. The number of alkyl carbamates (subject to hydrolysis) is 1. The van der Waals surface area contributed by atoms with Gasteiger partial charge in [0.05, 0.1) is 0 Å². The number of rotatable bonds is 2. The smallest absolute Gasteiger partial charge is 0.408 e. The highest BCUT2D eigenvalue weighted by molar-refractivity contribution is 7.98. The molecule has 0 aliphatic carbocycles. The molecule has 2 aliphatic rings. The van der Waals surface area contributed by atoms with Crippen LogP contribution >= 0.6 is 11.8 Å². The van der Waals surface area contributed by atoms with Gasteiger partial charge in [-0.2, -0.15) is 0 Å². The summed E-state index contributed by atoms with van der Waals surface area (Å²) in [4.78, 5) is 27.6. The van der Waals surface area contributed by atoms with Gasteiger partial charge in [0.1, 0.15) is 12.1 Å². The van der Waals surface area contributed by atoms with E-state index in [1.54, 1.807) is 20.8 Å². The highest BCUT2D eigenvalue weighted by atomic mass is 32.2. The van der Waals surface area contributed by atoms with E-state index in [2.05, 4.69) is 53.8 Å². The summed E-state index contributed by atoms with van der Waals surface area (Å²) in [7, 11) is 0. The fourth-order valence-corrected chi connectivity index (χ4v) is 5.28. The molecule has 4 rings (SSSR count). The Kier molecular flexibility index (Phi) is 6.60. The number of piperidine rings is 1. The molecule has 0 aromatic heterocycles. The van der Waals surface area contributed by atoms with Crippen LogP contribution in [0.5, 0.6) is 0 Å². The monoisotopic (exact) mass is 450 g/mol. The number of likely N-dealkylation sites (tertiary alicyclic amines) is 1. The Morgan fingerprint density at radius 2 is 1.66 bits per heavy atom. The molecule has 1 saturated heterocycles. The third kappa shape index (κ3) is 5.18. The molecular formula is C26H30N2O3S. The molecule has 6 heteroatoms. The van der Waals surface area contributed by atoms with Crippen LogP contribution in [0.1, 0.15) is 50.3 Å². The molecule has 168 valence electrons. The van der Waals surface area contributed by atoms with Crippen LogP contribution in [-0.4, -0.2) is 42.1 Å². The molecule has 2 heterocycles.